The number of hydrogen-bond donors (Lipinski definition) is 2. The Kier molecular flexibility index (Phi) is 2.88. The summed E-state index contributed by atoms with van der Waals surface area (Å²) in [6, 6.07) is 3.36. The molecule has 5 nitrogen and oxygen atoms in total. The summed E-state index contributed by atoms with van der Waals surface area (Å²) in [6.07, 6.45) is 0.441. The largest absolute Gasteiger partial charge is 0.491 e. The Morgan fingerprint density at radius 1 is 1.42 bits per heavy atom. The topological polar surface area (TPSA) is 75.2 Å². The molecule has 7 heteroatoms. The minimum absolute atomic E-state index is 0.0810. The zero-order valence-corrected chi connectivity index (χ0v) is 11.0. The van der Waals surface area contributed by atoms with Crippen molar-refractivity contribution in [1.82, 2.24) is 10.2 Å². The molecule has 0 atom stereocenters. The van der Waals surface area contributed by atoms with Gasteiger partial charge in [0.1, 0.15) is 22.2 Å². The first kappa shape index (κ1) is 12.3. The quantitative estimate of drug-likeness (QED) is 0.848. The number of halogens is 2. The molecule has 0 saturated heterocycles. The van der Waals surface area contributed by atoms with Crippen LogP contribution in [0, 0.1) is 0 Å². The van der Waals surface area contributed by atoms with E-state index in [0.717, 1.165) is 0 Å². The van der Waals surface area contributed by atoms with E-state index in [0.29, 0.717) is 45.6 Å². The molecule has 0 radical (unpaired) electrons. The molecule has 1 aliphatic heterocycles. The number of hydrogen-bond acceptors (Lipinski definition) is 3. The highest BCUT2D eigenvalue weighted by atomic mass is 35.5. The molecule has 0 amide bonds. The molecule has 1 aliphatic rings. The van der Waals surface area contributed by atoms with Crippen molar-refractivity contribution in [3.63, 3.8) is 0 Å². The molecule has 0 unspecified atom stereocenters. The van der Waals surface area contributed by atoms with Crippen LogP contribution in [0.25, 0.3) is 11.3 Å². The number of aromatic amines is 1. The third-order valence-electron chi connectivity index (χ3n) is 2.98. The Morgan fingerprint density at radius 3 is 2.95 bits per heavy atom. The van der Waals surface area contributed by atoms with Crippen LogP contribution < -0.4 is 4.74 Å². The standard InChI is InChI=1S/C12H8Cl2N2O3/c13-7-2-1-6-9-5(10(12(17)18)16-15-9)3-4-19-11(6)8(7)14/h1-2H,3-4H2,(H,15,16)(H,17,18). The second-order valence-electron chi connectivity index (χ2n) is 4.07. The maximum absolute atomic E-state index is 11.1. The normalized spacial score (nSPS) is 13.2. The highest BCUT2D eigenvalue weighted by molar-refractivity contribution is 6.43. The molecule has 2 aromatic rings. The van der Waals surface area contributed by atoms with Crippen molar-refractivity contribution in [1.29, 1.82) is 0 Å². The van der Waals surface area contributed by atoms with Crippen LogP contribution in [0.3, 0.4) is 0 Å². The predicted octanol–water partition coefficient (Wildman–Crippen LogP) is 3.02. The molecule has 0 bridgehead atoms. The van der Waals surface area contributed by atoms with Crippen LogP contribution in [0.5, 0.6) is 5.75 Å². The molecule has 1 aromatic heterocycles. The monoisotopic (exact) mass is 298 g/mol. The van der Waals surface area contributed by atoms with Crippen LogP contribution in [-0.2, 0) is 6.42 Å². The van der Waals surface area contributed by atoms with Crippen molar-refractivity contribution in [3.05, 3.63) is 33.4 Å². The highest BCUT2D eigenvalue weighted by Crippen LogP contribution is 2.42. The molecule has 2 N–H and O–H groups in total. The summed E-state index contributed by atoms with van der Waals surface area (Å²) in [5, 5.41) is 16.4. The van der Waals surface area contributed by atoms with Gasteiger partial charge in [0.2, 0.25) is 0 Å². The molecular weight excluding hydrogens is 291 g/mol. The number of aromatic carboxylic acids is 1. The van der Waals surface area contributed by atoms with Gasteiger partial charge in [-0.15, -0.1) is 0 Å². The minimum atomic E-state index is -1.04. The first-order valence-corrected chi connectivity index (χ1v) is 6.27. The number of rotatable bonds is 1. The maximum atomic E-state index is 11.1. The summed E-state index contributed by atoms with van der Waals surface area (Å²) in [7, 11) is 0. The van der Waals surface area contributed by atoms with Gasteiger partial charge >= 0.3 is 5.97 Å². The van der Waals surface area contributed by atoms with Gasteiger partial charge in [-0.2, -0.15) is 5.10 Å². The first-order chi connectivity index (χ1) is 9.09. The molecular formula is C12H8Cl2N2O3. The Bertz CT molecular complexity index is 682. The molecule has 0 spiro atoms. The zero-order chi connectivity index (χ0) is 13.6. The van der Waals surface area contributed by atoms with E-state index in [1.807, 2.05) is 0 Å². The second kappa shape index (κ2) is 4.43. The number of aromatic nitrogens is 2. The van der Waals surface area contributed by atoms with Gasteiger partial charge in [0.15, 0.2) is 0 Å². The molecule has 19 heavy (non-hydrogen) atoms. The molecule has 2 heterocycles. The molecule has 3 rings (SSSR count). The van der Waals surface area contributed by atoms with Gasteiger partial charge in [-0.25, -0.2) is 4.79 Å². The van der Waals surface area contributed by atoms with Gasteiger partial charge in [0.05, 0.1) is 11.6 Å². The van der Waals surface area contributed by atoms with Crippen molar-refractivity contribution in [2.24, 2.45) is 0 Å². The average molecular weight is 299 g/mol. The van der Waals surface area contributed by atoms with Gasteiger partial charge in [-0.3, -0.25) is 5.10 Å². The predicted molar refractivity (Wildman–Crippen MR) is 70.2 cm³/mol. The summed E-state index contributed by atoms with van der Waals surface area (Å²) in [6.45, 7) is 0.319. The van der Waals surface area contributed by atoms with Crippen LogP contribution in [0.1, 0.15) is 16.1 Å². The smallest absolute Gasteiger partial charge is 0.354 e. The summed E-state index contributed by atoms with van der Waals surface area (Å²) < 4.78 is 5.57. The van der Waals surface area contributed by atoms with E-state index >= 15 is 0 Å². The summed E-state index contributed by atoms with van der Waals surface area (Å²) in [5.41, 5.74) is 1.89. The number of carbonyl (C=O) groups is 1. The van der Waals surface area contributed by atoms with E-state index in [2.05, 4.69) is 10.2 Å². The van der Waals surface area contributed by atoms with Gasteiger partial charge in [-0.1, -0.05) is 23.2 Å². The van der Waals surface area contributed by atoms with Crippen molar-refractivity contribution in [2.75, 3.05) is 6.61 Å². The average Bonchev–Trinajstić information content (AvgIpc) is 2.70. The van der Waals surface area contributed by atoms with Crippen molar-refractivity contribution in [2.45, 2.75) is 6.42 Å². The third kappa shape index (κ3) is 1.86. The van der Waals surface area contributed by atoms with Crippen molar-refractivity contribution >= 4 is 29.2 Å². The zero-order valence-electron chi connectivity index (χ0n) is 9.54. The molecule has 98 valence electrons. The number of nitrogens with one attached hydrogen (secondary N) is 1. The number of benzene rings is 1. The SMILES string of the molecule is O=C(O)c1[nH]nc2c1CCOc1c-2ccc(Cl)c1Cl. The van der Waals surface area contributed by atoms with Crippen LogP contribution in [0.2, 0.25) is 10.0 Å². The molecule has 0 aliphatic carbocycles. The summed E-state index contributed by atoms with van der Waals surface area (Å²) in [5.74, 6) is -0.603. The number of carboxylic acids is 1. The number of H-pyrrole nitrogens is 1. The lowest BCUT2D eigenvalue weighted by molar-refractivity contribution is 0.0689. The lowest BCUT2D eigenvalue weighted by atomic mass is 10.0. The minimum Gasteiger partial charge on any atom is -0.491 e. The summed E-state index contributed by atoms with van der Waals surface area (Å²) in [4.78, 5) is 11.1. The first-order valence-electron chi connectivity index (χ1n) is 5.51. The lowest BCUT2D eigenvalue weighted by Crippen LogP contribution is -2.05. The van der Waals surface area contributed by atoms with E-state index in [4.69, 9.17) is 33.0 Å². The Hall–Kier alpha value is -1.72. The fourth-order valence-corrected chi connectivity index (χ4v) is 2.49. The van der Waals surface area contributed by atoms with Crippen molar-refractivity contribution in [3.8, 4) is 17.0 Å². The maximum Gasteiger partial charge on any atom is 0.354 e. The number of ether oxygens (including phenoxy) is 1. The van der Waals surface area contributed by atoms with Crippen molar-refractivity contribution < 1.29 is 14.6 Å². The van der Waals surface area contributed by atoms with Gasteiger partial charge in [0, 0.05) is 17.5 Å². The van der Waals surface area contributed by atoms with Gasteiger partial charge in [0.25, 0.3) is 0 Å². The van der Waals surface area contributed by atoms with Crippen LogP contribution in [-0.4, -0.2) is 27.9 Å². The Labute approximate surface area is 118 Å². The summed E-state index contributed by atoms with van der Waals surface area (Å²) >= 11 is 12.1. The van der Waals surface area contributed by atoms with Crippen LogP contribution >= 0.6 is 23.2 Å². The number of carboxylic acid groups (broad SMARTS) is 1. The molecule has 0 saturated carbocycles. The molecule has 0 fully saturated rings. The Morgan fingerprint density at radius 2 is 2.21 bits per heavy atom. The van der Waals surface area contributed by atoms with Gasteiger partial charge in [-0.05, 0) is 12.1 Å². The number of fused-ring (bicyclic) bond motifs is 3. The number of nitrogens with zero attached hydrogens (tertiary/aromatic N) is 1. The van der Waals surface area contributed by atoms with Crippen LogP contribution in [0.4, 0.5) is 0 Å². The van der Waals surface area contributed by atoms with E-state index < -0.39 is 5.97 Å². The van der Waals surface area contributed by atoms with Crippen LogP contribution in [0.15, 0.2) is 12.1 Å². The fraction of sp³-hybridized carbons (Fsp3) is 0.167. The van der Waals surface area contributed by atoms with E-state index in [-0.39, 0.29) is 5.69 Å². The van der Waals surface area contributed by atoms with E-state index in [1.54, 1.807) is 12.1 Å². The van der Waals surface area contributed by atoms with E-state index in [9.17, 15) is 4.79 Å². The van der Waals surface area contributed by atoms with Gasteiger partial charge < -0.3 is 9.84 Å². The third-order valence-corrected chi connectivity index (χ3v) is 3.77. The highest BCUT2D eigenvalue weighted by Gasteiger charge is 2.26. The fourth-order valence-electron chi connectivity index (χ4n) is 2.12. The Balaban J connectivity index is 2.26. The molecule has 1 aromatic carbocycles. The van der Waals surface area contributed by atoms with E-state index in [1.165, 1.54) is 0 Å². The lowest BCUT2D eigenvalue weighted by Gasteiger charge is -2.09. The second-order valence-corrected chi connectivity index (χ2v) is 4.85.